The topological polar surface area (TPSA) is 53.4 Å². The minimum absolute atomic E-state index is 0.0279. The molecule has 0 aliphatic carbocycles. The van der Waals surface area contributed by atoms with Gasteiger partial charge in [0.15, 0.2) is 0 Å². The van der Waals surface area contributed by atoms with E-state index in [1.54, 1.807) is 18.3 Å². The third-order valence-electron chi connectivity index (χ3n) is 6.10. The van der Waals surface area contributed by atoms with Crippen molar-refractivity contribution in [2.24, 2.45) is 0 Å². The molecule has 0 radical (unpaired) electrons. The summed E-state index contributed by atoms with van der Waals surface area (Å²) in [6.07, 6.45) is 1.72. The van der Waals surface area contributed by atoms with Crippen LogP contribution in [-0.4, -0.2) is 46.8 Å². The third kappa shape index (κ3) is 3.62. The molecule has 5 rings (SSSR count). The summed E-state index contributed by atoms with van der Waals surface area (Å²) in [5.74, 6) is 0.545. The highest BCUT2D eigenvalue weighted by atomic mass is 35.5. The second kappa shape index (κ2) is 8.31. The standard InChI is InChI=1S/C24H23ClFN5O/c1-16-22(23(19-4-2-3-5-20(19)25)31-21(28-16)10-11-27-31)24(32)30-14-12-29(13-15-30)18-8-6-17(26)7-9-18/h2-11,23,28H,12-15H2,1H3. The lowest BCUT2D eigenvalue weighted by Gasteiger charge is -2.38. The molecule has 32 heavy (non-hydrogen) atoms. The van der Waals surface area contributed by atoms with E-state index >= 15 is 0 Å². The van der Waals surface area contributed by atoms with Gasteiger partial charge >= 0.3 is 0 Å². The molecule has 2 aromatic carbocycles. The summed E-state index contributed by atoms with van der Waals surface area (Å²) in [4.78, 5) is 17.8. The number of aromatic nitrogens is 2. The first-order valence-corrected chi connectivity index (χ1v) is 11.0. The van der Waals surface area contributed by atoms with Gasteiger partial charge in [-0.3, -0.25) is 4.79 Å². The van der Waals surface area contributed by atoms with Gasteiger partial charge in [0.25, 0.3) is 5.91 Å². The van der Waals surface area contributed by atoms with Crippen molar-refractivity contribution in [2.45, 2.75) is 13.0 Å². The number of allylic oxidation sites excluding steroid dienone is 1. The summed E-state index contributed by atoms with van der Waals surface area (Å²) < 4.78 is 15.1. The molecule has 2 aliphatic rings. The molecular formula is C24H23ClFN5O. The summed E-state index contributed by atoms with van der Waals surface area (Å²) in [6.45, 7) is 4.44. The smallest absolute Gasteiger partial charge is 0.254 e. The largest absolute Gasteiger partial charge is 0.368 e. The van der Waals surface area contributed by atoms with Crippen LogP contribution in [0.1, 0.15) is 18.5 Å². The van der Waals surface area contributed by atoms with E-state index in [9.17, 15) is 9.18 Å². The van der Waals surface area contributed by atoms with E-state index in [1.165, 1.54) is 12.1 Å². The molecule has 0 saturated carbocycles. The SMILES string of the molecule is CC1=C(C(=O)N2CCN(c3ccc(F)cc3)CC2)C(c2ccccc2Cl)n2nccc2N1. The molecule has 1 fully saturated rings. The molecule has 1 amide bonds. The van der Waals surface area contributed by atoms with Crippen LogP contribution in [0, 0.1) is 5.82 Å². The normalized spacial score (nSPS) is 18.4. The number of fused-ring (bicyclic) bond motifs is 1. The summed E-state index contributed by atoms with van der Waals surface area (Å²) in [5.41, 5.74) is 3.25. The van der Waals surface area contributed by atoms with Crippen LogP contribution in [0.15, 0.2) is 72.1 Å². The maximum atomic E-state index is 13.8. The Kier molecular flexibility index (Phi) is 5.35. The van der Waals surface area contributed by atoms with Crippen molar-refractivity contribution in [3.63, 3.8) is 0 Å². The van der Waals surface area contributed by atoms with Gasteiger partial charge in [-0.05, 0) is 37.3 Å². The highest BCUT2D eigenvalue weighted by Crippen LogP contribution is 2.39. The van der Waals surface area contributed by atoms with Crippen LogP contribution in [0.2, 0.25) is 5.02 Å². The van der Waals surface area contributed by atoms with Crippen molar-refractivity contribution in [3.8, 4) is 0 Å². The lowest BCUT2D eigenvalue weighted by molar-refractivity contribution is -0.127. The van der Waals surface area contributed by atoms with Gasteiger partial charge in [0.2, 0.25) is 0 Å². The highest BCUT2D eigenvalue weighted by Gasteiger charge is 2.36. The number of carbonyl (C=O) groups excluding carboxylic acids is 1. The minimum Gasteiger partial charge on any atom is -0.368 e. The van der Waals surface area contributed by atoms with Crippen LogP contribution in [0.5, 0.6) is 0 Å². The zero-order valence-corrected chi connectivity index (χ0v) is 18.4. The second-order valence-corrected chi connectivity index (χ2v) is 8.41. The Labute approximate surface area is 190 Å². The molecule has 3 heterocycles. The average Bonchev–Trinajstić information content (AvgIpc) is 3.27. The van der Waals surface area contributed by atoms with E-state index in [4.69, 9.17) is 11.6 Å². The maximum Gasteiger partial charge on any atom is 0.254 e. The van der Waals surface area contributed by atoms with Crippen molar-refractivity contribution < 1.29 is 9.18 Å². The van der Waals surface area contributed by atoms with E-state index in [0.29, 0.717) is 36.8 Å². The predicted molar refractivity (Wildman–Crippen MR) is 123 cm³/mol. The zero-order valence-electron chi connectivity index (χ0n) is 17.6. The van der Waals surface area contributed by atoms with Crippen molar-refractivity contribution in [1.29, 1.82) is 0 Å². The van der Waals surface area contributed by atoms with Crippen LogP contribution >= 0.6 is 11.6 Å². The van der Waals surface area contributed by atoms with Gasteiger partial charge in [0, 0.05) is 54.2 Å². The van der Waals surface area contributed by atoms with Crippen LogP contribution in [-0.2, 0) is 4.79 Å². The molecule has 1 saturated heterocycles. The zero-order chi connectivity index (χ0) is 22.2. The van der Waals surface area contributed by atoms with Gasteiger partial charge in [0.1, 0.15) is 17.7 Å². The predicted octanol–water partition coefficient (Wildman–Crippen LogP) is 4.31. The Morgan fingerprint density at radius 1 is 1.06 bits per heavy atom. The van der Waals surface area contributed by atoms with Crippen molar-refractivity contribution in [3.05, 3.63) is 88.5 Å². The van der Waals surface area contributed by atoms with Gasteiger partial charge < -0.3 is 15.1 Å². The Bertz CT molecular complexity index is 1180. The number of amides is 1. The number of hydrogen-bond acceptors (Lipinski definition) is 4. The summed E-state index contributed by atoms with van der Waals surface area (Å²) in [5, 5.41) is 8.39. The quantitative estimate of drug-likeness (QED) is 0.644. The minimum atomic E-state index is -0.405. The fourth-order valence-electron chi connectivity index (χ4n) is 4.46. The average molecular weight is 452 g/mol. The summed E-state index contributed by atoms with van der Waals surface area (Å²) in [7, 11) is 0. The van der Waals surface area contributed by atoms with E-state index in [1.807, 2.05) is 46.8 Å². The summed E-state index contributed by atoms with van der Waals surface area (Å²) in [6, 6.07) is 15.5. The van der Waals surface area contributed by atoms with Gasteiger partial charge in [-0.2, -0.15) is 5.10 Å². The Hall–Kier alpha value is -3.32. The van der Waals surface area contributed by atoms with E-state index < -0.39 is 6.04 Å². The van der Waals surface area contributed by atoms with Gasteiger partial charge in [0.05, 0.1) is 11.8 Å². The number of rotatable bonds is 3. The van der Waals surface area contributed by atoms with E-state index in [0.717, 1.165) is 22.8 Å². The van der Waals surface area contributed by atoms with Crippen molar-refractivity contribution >= 4 is 29.0 Å². The lowest BCUT2D eigenvalue weighted by atomic mass is 9.94. The first-order chi connectivity index (χ1) is 15.5. The molecule has 2 aliphatic heterocycles. The number of anilines is 2. The number of nitrogens with one attached hydrogen (secondary N) is 1. The number of nitrogens with zero attached hydrogens (tertiary/aromatic N) is 4. The molecule has 3 aromatic rings. The molecule has 8 heteroatoms. The number of hydrogen-bond donors (Lipinski definition) is 1. The fraction of sp³-hybridized carbons (Fsp3) is 0.250. The van der Waals surface area contributed by atoms with Crippen LogP contribution < -0.4 is 10.2 Å². The van der Waals surface area contributed by atoms with Crippen molar-refractivity contribution in [1.82, 2.24) is 14.7 Å². The number of benzene rings is 2. The van der Waals surface area contributed by atoms with E-state index in [-0.39, 0.29) is 11.7 Å². The fourth-order valence-corrected chi connectivity index (χ4v) is 4.70. The van der Waals surface area contributed by atoms with Gasteiger partial charge in [-0.1, -0.05) is 29.8 Å². The van der Waals surface area contributed by atoms with E-state index in [2.05, 4.69) is 15.3 Å². The molecule has 1 atom stereocenters. The lowest BCUT2D eigenvalue weighted by Crippen LogP contribution is -2.50. The highest BCUT2D eigenvalue weighted by molar-refractivity contribution is 6.31. The second-order valence-electron chi connectivity index (χ2n) is 8.00. The molecule has 0 bridgehead atoms. The number of halogens is 2. The van der Waals surface area contributed by atoms with Crippen LogP contribution in [0.3, 0.4) is 0 Å². The van der Waals surface area contributed by atoms with Gasteiger partial charge in [-0.25, -0.2) is 9.07 Å². The molecular weight excluding hydrogens is 429 g/mol. The molecule has 1 aromatic heterocycles. The first-order valence-electron chi connectivity index (χ1n) is 10.6. The Morgan fingerprint density at radius 3 is 2.50 bits per heavy atom. The van der Waals surface area contributed by atoms with Crippen molar-refractivity contribution in [2.75, 3.05) is 36.4 Å². The summed E-state index contributed by atoms with van der Waals surface area (Å²) >= 11 is 6.55. The maximum absolute atomic E-state index is 13.8. The first kappa shape index (κ1) is 20.6. The Morgan fingerprint density at radius 2 is 1.78 bits per heavy atom. The molecule has 0 spiro atoms. The van der Waals surface area contributed by atoms with Crippen LogP contribution in [0.4, 0.5) is 15.9 Å². The molecule has 1 unspecified atom stereocenters. The molecule has 6 nitrogen and oxygen atoms in total. The van der Waals surface area contributed by atoms with Gasteiger partial charge in [-0.15, -0.1) is 0 Å². The molecule has 164 valence electrons. The number of carbonyl (C=O) groups is 1. The monoisotopic (exact) mass is 451 g/mol. The molecule has 1 N–H and O–H groups in total. The number of piperazine rings is 1. The third-order valence-corrected chi connectivity index (χ3v) is 6.44. The Balaban J connectivity index is 1.42. The van der Waals surface area contributed by atoms with Crippen LogP contribution in [0.25, 0.3) is 0 Å².